The molecule has 0 radical (unpaired) electrons. The van der Waals surface area contributed by atoms with Gasteiger partial charge < -0.3 is 0 Å². The Balaban J connectivity index is 1.73. The highest BCUT2D eigenvalue weighted by molar-refractivity contribution is 7.13. The van der Waals surface area contributed by atoms with Crippen molar-refractivity contribution >= 4 is 11.3 Å². The highest BCUT2D eigenvalue weighted by Crippen LogP contribution is 2.23. The molecule has 19 heavy (non-hydrogen) atoms. The molecule has 0 N–H and O–H groups in total. The lowest BCUT2D eigenvalue weighted by atomic mass is 10.1. The Morgan fingerprint density at radius 3 is 2.53 bits per heavy atom. The molecular weight excluding hydrogens is 250 g/mol. The van der Waals surface area contributed by atoms with Crippen LogP contribution in [0.4, 0.5) is 0 Å². The van der Waals surface area contributed by atoms with Crippen LogP contribution in [0.5, 0.6) is 0 Å². The van der Waals surface area contributed by atoms with Gasteiger partial charge in [-0.1, -0.05) is 51.2 Å². The molecule has 1 nitrogen and oxygen atoms in total. The van der Waals surface area contributed by atoms with E-state index in [9.17, 15) is 0 Å². The summed E-state index contributed by atoms with van der Waals surface area (Å²) in [6.07, 6.45) is 11.2. The molecule has 0 aliphatic heterocycles. The van der Waals surface area contributed by atoms with E-state index in [-0.39, 0.29) is 0 Å². The summed E-state index contributed by atoms with van der Waals surface area (Å²) >= 11 is 1.77. The summed E-state index contributed by atoms with van der Waals surface area (Å²) in [7, 11) is 0. The van der Waals surface area contributed by atoms with Gasteiger partial charge in [-0.05, 0) is 30.4 Å². The number of hydrogen-bond donors (Lipinski definition) is 0. The predicted octanol–water partition coefficient (Wildman–Crippen LogP) is 5.71. The molecular formula is C17H23NS. The van der Waals surface area contributed by atoms with Crippen molar-refractivity contribution in [2.24, 2.45) is 0 Å². The molecule has 2 aromatic rings. The maximum absolute atomic E-state index is 4.58. The van der Waals surface area contributed by atoms with E-state index >= 15 is 0 Å². The first kappa shape index (κ1) is 14.3. The highest BCUT2D eigenvalue weighted by atomic mass is 32.1. The van der Waals surface area contributed by atoms with E-state index in [2.05, 4.69) is 41.6 Å². The predicted molar refractivity (Wildman–Crippen MR) is 84.6 cm³/mol. The van der Waals surface area contributed by atoms with Gasteiger partial charge in [0.2, 0.25) is 0 Å². The van der Waals surface area contributed by atoms with Crippen molar-refractivity contribution in [1.29, 1.82) is 0 Å². The number of pyridine rings is 1. The highest BCUT2D eigenvalue weighted by Gasteiger charge is 2.00. The minimum Gasteiger partial charge on any atom is -0.261 e. The lowest BCUT2D eigenvalue weighted by Gasteiger charge is -2.03. The molecule has 0 saturated heterocycles. The van der Waals surface area contributed by atoms with E-state index in [1.54, 1.807) is 11.3 Å². The molecule has 0 aliphatic rings. The summed E-state index contributed by atoms with van der Waals surface area (Å²) in [5.41, 5.74) is 2.47. The van der Waals surface area contributed by atoms with Gasteiger partial charge in [-0.25, -0.2) is 0 Å². The summed E-state index contributed by atoms with van der Waals surface area (Å²) in [5.74, 6) is 0. The zero-order chi connectivity index (χ0) is 13.3. The van der Waals surface area contributed by atoms with Crippen LogP contribution in [0, 0.1) is 0 Å². The second-order valence-corrected chi connectivity index (χ2v) is 5.98. The Kier molecular flexibility index (Phi) is 6.09. The summed E-state index contributed by atoms with van der Waals surface area (Å²) in [6.45, 7) is 2.26. The Labute approximate surface area is 120 Å². The van der Waals surface area contributed by atoms with E-state index < -0.39 is 0 Å². The Morgan fingerprint density at radius 1 is 1.00 bits per heavy atom. The van der Waals surface area contributed by atoms with E-state index in [1.165, 1.54) is 54.7 Å². The lowest BCUT2D eigenvalue weighted by Crippen LogP contribution is -1.90. The number of aryl methyl sites for hydroxylation is 1. The minimum atomic E-state index is 1.12. The SMILES string of the molecule is CCCCCCCCc1ccc(-c2cccs2)cn1. The zero-order valence-electron chi connectivity index (χ0n) is 11.8. The largest absolute Gasteiger partial charge is 0.261 e. The fourth-order valence-electron chi connectivity index (χ4n) is 2.25. The van der Waals surface area contributed by atoms with Gasteiger partial charge in [0, 0.05) is 22.3 Å². The van der Waals surface area contributed by atoms with E-state index in [1.807, 2.05) is 6.20 Å². The van der Waals surface area contributed by atoms with Crippen LogP contribution in [0.1, 0.15) is 51.1 Å². The third-order valence-electron chi connectivity index (χ3n) is 3.42. The van der Waals surface area contributed by atoms with Gasteiger partial charge >= 0.3 is 0 Å². The Hall–Kier alpha value is -1.15. The quantitative estimate of drug-likeness (QED) is 0.561. The van der Waals surface area contributed by atoms with Gasteiger partial charge in [-0.2, -0.15) is 0 Å². The molecule has 2 rings (SSSR count). The first-order chi connectivity index (χ1) is 9.40. The number of thiophene rings is 1. The molecule has 0 aliphatic carbocycles. The third kappa shape index (κ3) is 4.79. The van der Waals surface area contributed by atoms with Gasteiger partial charge in [0.05, 0.1) is 0 Å². The van der Waals surface area contributed by atoms with Crippen LogP contribution in [0.25, 0.3) is 10.4 Å². The fraction of sp³-hybridized carbons (Fsp3) is 0.471. The number of hydrogen-bond acceptors (Lipinski definition) is 2. The lowest BCUT2D eigenvalue weighted by molar-refractivity contribution is 0.605. The zero-order valence-corrected chi connectivity index (χ0v) is 12.6. The number of aromatic nitrogens is 1. The molecule has 0 unspecified atom stereocenters. The molecule has 0 spiro atoms. The molecule has 0 bridgehead atoms. The normalized spacial score (nSPS) is 10.8. The minimum absolute atomic E-state index is 1.12. The van der Waals surface area contributed by atoms with Gasteiger partial charge in [-0.15, -0.1) is 11.3 Å². The molecule has 0 amide bonds. The number of unbranched alkanes of at least 4 members (excludes halogenated alkanes) is 5. The average Bonchev–Trinajstić information content (AvgIpc) is 2.97. The first-order valence-electron chi connectivity index (χ1n) is 7.39. The molecule has 2 heteroatoms. The Bertz CT molecular complexity index is 445. The van der Waals surface area contributed by atoms with E-state index in [4.69, 9.17) is 0 Å². The van der Waals surface area contributed by atoms with E-state index in [0.29, 0.717) is 0 Å². The smallest absolute Gasteiger partial charge is 0.0404 e. The van der Waals surface area contributed by atoms with Gasteiger partial charge in [-0.3, -0.25) is 4.98 Å². The van der Waals surface area contributed by atoms with Crippen LogP contribution < -0.4 is 0 Å². The summed E-state index contributed by atoms with van der Waals surface area (Å²) in [4.78, 5) is 5.88. The van der Waals surface area contributed by atoms with Crippen molar-refractivity contribution in [3.8, 4) is 10.4 Å². The van der Waals surface area contributed by atoms with E-state index in [0.717, 1.165) is 6.42 Å². The van der Waals surface area contributed by atoms with Crippen LogP contribution in [0.15, 0.2) is 35.8 Å². The van der Waals surface area contributed by atoms with Crippen LogP contribution in [-0.4, -0.2) is 4.98 Å². The van der Waals surface area contributed by atoms with Crippen molar-refractivity contribution in [3.05, 3.63) is 41.5 Å². The van der Waals surface area contributed by atoms with Crippen LogP contribution in [-0.2, 0) is 6.42 Å². The Morgan fingerprint density at radius 2 is 1.84 bits per heavy atom. The topological polar surface area (TPSA) is 12.9 Å². The molecule has 2 aromatic heterocycles. The molecule has 0 saturated carbocycles. The van der Waals surface area contributed by atoms with Crippen LogP contribution in [0.3, 0.4) is 0 Å². The summed E-state index contributed by atoms with van der Waals surface area (Å²) in [6, 6.07) is 8.62. The maximum atomic E-state index is 4.58. The van der Waals surface area contributed by atoms with Crippen molar-refractivity contribution < 1.29 is 0 Å². The molecule has 2 heterocycles. The fourth-order valence-corrected chi connectivity index (χ4v) is 2.97. The average molecular weight is 273 g/mol. The van der Waals surface area contributed by atoms with Gasteiger partial charge in [0.15, 0.2) is 0 Å². The monoisotopic (exact) mass is 273 g/mol. The van der Waals surface area contributed by atoms with Crippen molar-refractivity contribution in [2.75, 3.05) is 0 Å². The van der Waals surface area contributed by atoms with Crippen molar-refractivity contribution in [2.45, 2.75) is 51.9 Å². The third-order valence-corrected chi connectivity index (χ3v) is 4.34. The van der Waals surface area contributed by atoms with Crippen molar-refractivity contribution in [3.63, 3.8) is 0 Å². The number of rotatable bonds is 8. The maximum Gasteiger partial charge on any atom is 0.0404 e. The first-order valence-corrected chi connectivity index (χ1v) is 8.27. The van der Waals surface area contributed by atoms with Crippen molar-refractivity contribution in [1.82, 2.24) is 4.98 Å². The van der Waals surface area contributed by atoms with Crippen LogP contribution in [0.2, 0.25) is 0 Å². The summed E-state index contributed by atoms with van der Waals surface area (Å²) in [5, 5.41) is 2.11. The molecule has 0 atom stereocenters. The molecule has 102 valence electrons. The number of nitrogens with zero attached hydrogens (tertiary/aromatic N) is 1. The summed E-state index contributed by atoms with van der Waals surface area (Å²) < 4.78 is 0. The van der Waals surface area contributed by atoms with Gasteiger partial charge in [0.25, 0.3) is 0 Å². The second-order valence-electron chi connectivity index (χ2n) is 5.03. The molecule has 0 aromatic carbocycles. The second kappa shape index (κ2) is 8.11. The standard InChI is InChI=1S/C17H23NS/c1-2-3-4-5-6-7-9-16-12-11-15(14-18-16)17-10-8-13-19-17/h8,10-14H,2-7,9H2,1H3. The van der Waals surface area contributed by atoms with Crippen LogP contribution >= 0.6 is 11.3 Å². The van der Waals surface area contributed by atoms with Gasteiger partial charge in [0.1, 0.15) is 0 Å². The molecule has 0 fully saturated rings.